The van der Waals surface area contributed by atoms with E-state index in [0.717, 1.165) is 25.9 Å². The number of piperidine rings is 1. The molecule has 3 aromatic rings. The molecule has 2 amide bonds. The fraction of sp³-hybridized carbons (Fsp3) is 0.207. The van der Waals surface area contributed by atoms with E-state index in [1.165, 1.54) is 6.07 Å². The van der Waals surface area contributed by atoms with Crippen molar-refractivity contribution in [3.05, 3.63) is 94.0 Å². The summed E-state index contributed by atoms with van der Waals surface area (Å²) in [6.45, 7) is 1.63. The molecule has 3 aromatic carbocycles. The highest BCUT2D eigenvalue weighted by atomic mass is 35.5. The Bertz CT molecular complexity index is 1340. The molecule has 188 valence electrons. The zero-order valence-electron chi connectivity index (χ0n) is 20.1. The SMILES string of the molecule is C#Cc1ccc(NC(=O)c2cc(Cl)ccc2NC(=O)c2ccc(C(=N)N3CCC(CO)CC3)cc2)cc1. The Morgan fingerprint density at radius 1 is 0.973 bits per heavy atom. The summed E-state index contributed by atoms with van der Waals surface area (Å²) in [6.07, 6.45) is 7.08. The van der Waals surface area contributed by atoms with Crippen molar-refractivity contribution in [3.63, 3.8) is 0 Å². The number of rotatable bonds is 6. The van der Waals surface area contributed by atoms with Gasteiger partial charge < -0.3 is 20.6 Å². The first kappa shape index (κ1) is 26.0. The highest BCUT2D eigenvalue weighted by molar-refractivity contribution is 6.31. The van der Waals surface area contributed by atoms with Crippen molar-refractivity contribution >= 4 is 40.6 Å². The minimum absolute atomic E-state index is 0.182. The average molecular weight is 515 g/mol. The first-order valence-electron chi connectivity index (χ1n) is 11.9. The van der Waals surface area contributed by atoms with Crippen LogP contribution in [0.25, 0.3) is 0 Å². The van der Waals surface area contributed by atoms with E-state index in [4.69, 9.17) is 23.4 Å². The number of aliphatic hydroxyl groups is 1. The molecule has 0 radical (unpaired) electrons. The molecule has 8 heteroatoms. The third kappa shape index (κ3) is 6.36. The van der Waals surface area contributed by atoms with E-state index in [1.54, 1.807) is 60.7 Å². The van der Waals surface area contributed by atoms with Crippen LogP contribution in [0.15, 0.2) is 66.7 Å². The first-order valence-corrected chi connectivity index (χ1v) is 12.3. The van der Waals surface area contributed by atoms with Crippen molar-refractivity contribution in [3.8, 4) is 12.3 Å². The van der Waals surface area contributed by atoms with Gasteiger partial charge in [0.2, 0.25) is 0 Å². The van der Waals surface area contributed by atoms with Gasteiger partial charge >= 0.3 is 0 Å². The first-order chi connectivity index (χ1) is 17.9. The zero-order valence-corrected chi connectivity index (χ0v) is 20.9. The number of hydrogen-bond acceptors (Lipinski definition) is 4. The van der Waals surface area contributed by atoms with Crippen LogP contribution in [0.2, 0.25) is 5.02 Å². The summed E-state index contributed by atoms with van der Waals surface area (Å²) in [7, 11) is 0. The Balaban J connectivity index is 1.44. The van der Waals surface area contributed by atoms with Crippen molar-refractivity contribution < 1.29 is 14.7 Å². The number of likely N-dealkylation sites (tertiary alicyclic amines) is 1. The molecule has 1 saturated heterocycles. The summed E-state index contributed by atoms with van der Waals surface area (Å²) in [5.41, 5.74) is 2.88. The fourth-order valence-electron chi connectivity index (χ4n) is 4.16. The second-order valence-corrected chi connectivity index (χ2v) is 9.30. The van der Waals surface area contributed by atoms with Crippen molar-refractivity contribution in [2.24, 2.45) is 5.92 Å². The lowest BCUT2D eigenvalue weighted by molar-refractivity contribution is 0.102. The number of benzene rings is 3. The number of carbonyl (C=O) groups excluding carboxylic acids is 2. The van der Waals surface area contributed by atoms with Crippen LogP contribution < -0.4 is 10.6 Å². The van der Waals surface area contributed by atoms with E-state index in [1.807, 2.05) is 4.90 Å². The standard InChI is InChI=1S/C29H27ClN4O3/c1-2-19-3-10-24(11-4-19)32-29(37)25-17-23(30)9-12-26(25)33-28(36)22-7-5-21(6-8-22)27(31)34-15-13-20(18-35)14-16-34/h1,3-12,17,20,31,35H,13-16,18H2,(H,32,37)(H,33,36). The molecule has 0 aromatic heterocycles. The number of amidine groups is 1. The van der Waals surface area contributed by atoms with Gasteiger partial charge in [-0.2, -0.15) is 0 Å². The summed E-state index contributed by atoms with van der Waals surface area (Å²) >= 11 is 6.13. The molecule has 0 saturated carbocycles. The molecule has 4 N–H and O–H groups in total. The van der Waals surface area contributed by atoms with Gasteiger partial charge in [0.1, 0.15) is 5.84 Å². The molecule has 4 rings (SSSR count). The molecular formula is C29H27ClN4O3. The predicted molar refractivity (Wildman–Crippen MR) is 146 cm³/mol. The second-order valence-electron chi connectivity index (χ2n) is 8.86. The van der Waals surface area contributed by atoms with E-state index in [9.17, 15) is 14.7 Å². The number of anilines is 2. The largest absolute Gasteiger partial charge is 0.396 e. The number of nitrogens with one attached hydrogen (secondary N) is 3. The quantitative estimate of drug-likeness (QED) is 0.214. The maximum Gasteiger partial charge on any atom is 0.257 e. The van der Waals surface area contributed by atoms with Gasteiger partial charge in [0, 0.05) is 47.1 Å². The molecule has 0 spiro atoms. The topological polar surface area (TPSA) is 106 Å². The fourth-order valence-corrected chi connectivity index (χ4v) is 4.33. The number of amides is 2. The molecule has 1 fully saturated rings. The van der Waals surface area contributed by atoms with Crippen LogP contribution in [0.5, 0.6) is 0 Å². The second kappa shape index (κ2) is 11.7. The minimum Gasteiger partial charge on any atom is -0.396 e. The lowest BCUT2D eigenvalue weighted by Gasteiger charge is -2.33. The average Bonchev–Trinajstić information content (AvgIpc) is 2.94. The smallest absolute Gasteiger partial charge is 0.257 e. The number of carbonyl (C=O) groups is 2. The maximum atomic E-state index is 13.0. The molecular weight excluding hydrogens is 488 g/mol. The van der Waals surface area contributed by atoms with Gasteiger partial charge in [0.25, 0.3) is 11.8 Å². The van der Waals surface area contributed by atoms with Gasteiger partial charge in [-0.15, -0.1) is 6.42 Å². The lowest BCUT2D eigenvalue weighted by Crippen LogP contribution is -2.39. The third-order valence-corrected chi connectivity index (χ3v) is 6.63. The van der Waals surface area contributed by atoms with Crippen LogP contribution in [0.3, 0.4) is 0 Å². The van der Waals surface area contributed by atoms with E-state index in [0.29, 0.717) is 44.8 Å². The Hall–Kier alpha value is -4.12. The van der Waals surface area contributed by atoms with Crippen molar-refractivity contribution in [1.29, 1.82) is 5.41 Å². The molecule has 0 aliphatic carbocycles. The van der Waals surface area contributed by atoms with Gasteiger partial charge in [0.15, 0.2) is 0 Å². The number of hydrogen-bond donors (Lipinski definition) is 4. The molecule has 0 bridgehead atoms. The summed E-state index contributed by atoms with van der Waals surface area (Å²) in [5.74, 6) is 2.39. The minimum atomic E-state index is -0.431. The van der Waals surface area contributed by atoms with Gasteiger partial charge in [-0.3, -0.25) is 15.0 Å². The number of halogens is 1. The highest BCUT2D eigenvalue weighted by Crippen LogP contribution is 2.24. The van der Waals surface area contributed by atoms with Crippen LogP contribution in [0.1, 0.15) is 44.7 Å². The van der Waals surface area contributed by atoms with Crippen LogP contribution >= 0.6 is 11.6 Å². The van der Waals surface area contributed by atoms with E-state index < -0.39 is 11.8 Å². The molecule has 1 heterocycles. The number of nitrogens with zero attached hydrogens (tertiary/aromatic N) is 1. The molecule has 0 unspecified atom stereocenters. The monoisotopic (exact) mass is 514 g/mol. The Morgan fingerprint density at radius 2 is 1.62 bits per heavy atom. The lowest BCUT2D eigenvalue weighted by atomic mass is 9.97. The number of terminal acetylenes is 1. The highest BCUT2D eigenvalue weighted by Gasteiger charge is 2.21. The van der Waals surface area contributed by atoms with Crippen LogP contribution in [-0.4, -0.2) is 47.4 Å². The van der Waals surface area contributed by atoms with E-state index in [2.05, 4.69) is 16.6 Å². The summed E-state index contributed by atoms with van der Waals surface area (Å²) in [4.78, 5) is 27.9. The normalized spacial score (nSPS) is 13.5. The Kier molecular flexibility index (Phi) is 8.24. The van der Waals surface area contributed by atoms with Crippen LogP contribution in [0.4, 0.5) is 11.4 Å². The molecule has 0 atom stereocenters. The van der Waals surface area contributed by atoms with Crippen molar-refractivity contribution in [1.82, 2.24) is 4.90 Å². The van der Waals surface area contributed by atoms with Gasteiger partial charge in [-0.25, -0.2) is 0 Å². The van der Waals surface area contributed by atoms with Gasteiger partial charge in [0.05, 0.1) is 11.3 Å². The molecule has 1 aliphatic rings. The summed E-state index contributed by atoms with van der Waals surface area (Å²) < 4.78 is 0. The van der Waals surface area contributed by atoms with Crippen molar-refractivity contribution in [2.45, 2.75) is 12.8 Å². The van der Waals surface area contributed by atoms with E-state index in [-0.39, 0.29) is 12.2 Å². The third-order valence-electron chi connectivity index (χ3n) is 6.39. The van der Waals surface area contributed by atoms with Crippen molar-refractivity contribution in [2.75, 3.05) is 30.3 Å². The van der Waals surface area contributed by atoms with Crippen LogP contribution in [-0.2, 0) is 0 Å². The Labute approximate surface area is 221 Å². The molecule has 37 heavy (non-hydrogen) atoms. The zero-order chi connectivity index (χ0) is 26.4. The summed E-state index contributed by atoms with van der Waals surface area (Å²) in [5, 5.41) is 23.8. The molecule has 7 nitrogen and oxygen atoms in total. The van der Waals surface area contributed by atoms with Gasteiger partial charge in [-0.1, -0.05) is 29.7 Å². The Morgan fingerprint density at radius 3 is 2.24 bits per heavy atom. The maximum absolute atomic E-state index is 13.0. The number of aliphatic hydroxyl groups excluding tert-OH is 1. The molecule has 1 aliphatic heterocycles. The van der Waals surface area contributed by atoms with Crippen LogP contribution in [0, 0.1) is 23.7 Å². The van der Waals surface area contributed by atoms with Gasteiger partial charge in [-0.05, 0) is 73.4 Å². The summed E-state index contributed by atoms with van der Waals surface area (Å²) in [6, 6.07) is 18.3. The van der Waals surface area contributed by atoms with E-state index >= 15 is 0 Å². The predicted octanol–water partition coefficient (Wildman–Crippen LogP) is 4.86.